The van der Waals surface area contributed by atoms with Gasteiger partial charge in [0.2, 0.25) is 17.5 Å². The zero-order valence-electron chi connectivity index (χ0n) is 26.9. The molecule has 3 aromatic rings. The van der Waals surface area contributed by atoms with Gasteiger partial charge in [0.05, 0.1) is 39.4 Å². The number of benzene rings is 3. The number of amides is 2. The molecule has 6 rings (SSSR count). The number of aliphatic hydroxyl groups excluding tert-OH is 1. The summed E-state index contributed by atoms with van der Waals surface area (Å²) in [5, 5.41) is 38.4. The minimum Gasteiger partial charge on any atom is -0.497 e. The summed E-state index contributed by atoms with van der Waals surface area (Å²) in [6.07, 6.45) is 2.31. The van der Waals surface area contributed by atoms with E-state index >= 15 is 0 Å². The van der Waals surface area contributed by atoms with Crippen molar-refractivity contribution in [1.82, 2.24) is 10.2 Å². The number of piperidine rings is 1. The van der Waals surface area contributed by atoms with Crippen molar-refractivity contribution in [2.45, 2.75) is 42.6 Å². The second kappa shape index (κ2) is 12.2. The Morgan fingerprint density at radius 2 is 1.66 bits per heavy atom. The number of unbranched alkanes of at least 4 members (excludes halogenated alkanes) is 1. The van der Waals surface area contributed by atoms with Crippen molar-refractivity contribution >= 4 is 11.8 Å². The fourth-order valence-corrected chi connectivity index (χ4v) is 7.79. The molecule has 1 saturated heterocycles. The number of methoxy groups -OCH3 is 3. The minimum atomic E-state index is -2.30. The van der Waals surface area contributed by atoms with Crippen molar-refractivity contribution in [2.75, 3.05) is 41.0 Å². The average Bonchev–Trinajstić information content (AvgIpc) is 3.31. The quantitative estimate of drug-likeness (QED) is 0.173. The van der Waals surface area contributed by atoms with Crippen molar-refractivity contribution in [3.05, 3.63) is 95.1 Å². The van der Waals surface area contributed by atoms with E-state index in [9.17, 15) is 19.8 Å². The monoisotopic (exact) mass is 644 g/mol. The van der Waals surface area contributed by atoms with Crippen LogP contribution in [0.5, 0.6) is 23.0 Å². The minimum absolute atomic E-state index is 0.0754. The van der Waals surface area contributed by atoms with Gasteiger partial charge in [-0.15, -0.1) is 0 Å². The maximum atomic E-state index is 14.6. The summed E-state index contributed by atoms with van der Waals surface area (Å²) in [5.41, 5.74) is -4.32. The molecule has 0 spiro atoms. The van der Waals surface area contributed by atoms with Gasteiger partial charge < -0.3 is 44.5 Å². The molecule has 1 saturated carbocycles. The Hall–Kier alpha value is -4.58. The molecule has 47 heavy (non-hydrogen) atoms. The van der Waals surface area contributed by atoms with Gasteiger partial charge in [0.1, 0.15) is 23.0 Å². The number of carbonyl (C=O) groups is 2. The second-order valence-corrected chi connectivity index (χ2v) is 12.1. The fraction of sp³-hybridized carbons (Fsp3) is 0.389. The van der Waals surface area contributed by atoms with Crippen molar-refractivity contribution in [1.29, 1.82) is 0 Å². The van der Waals surface area contributed by atoms with Crippen LogP contribution >= 0.6 is 0 Å². The molecule has 0 aromatic heterocycles. The highest BCUT2D eigenvalue weighted by atomic mass is 16.5. The molecule has 3 aromatic carbocycles. The lowest BCUT2D eigenvalue weighted by atomic mass is 9.70. The summed E-state index contributed by atoms with van der Waals surface area (Å²) in [6.45, 7) is 1.77. The standard InChI is InChI=1S/C36H40N2O9/c1-22(16-19-39)32(40)37-17-8-9-18-38-33(41)31-29(23-10-6-5-7-11-23)35(24-12-14-25(44-2)15-13-24)36(38,43)34(31,42)30-27(46-4)20-26(45-3)21-28(30)47-35/h5-7,10-16,20-21,29,31,39,42-43H,8-9,17-19H2,1-4H3,(H,37,40)/b22-16+/t29-,31+,34-,35-,36?/m1/s1. The molecule has 248 valence electrons. The molecule has 2 heterocycles. The lowest BCUT2D eigenvalue weighted by Crippen LogP contribution is -2.71. The number of aliphatic hydroxyl groups is 3. The van der Waals surface area contributed by atoms with Crippen LogP contribution in [0.25, 0.3) is 0 Å². The number of nitrogens with one attached hydrogen (secondary N) is 1. The third-order valence-corrected chi connectivity index (χ3v) is 9.87. The van der Waals surface area contributed by atoms with Crippen LogP contribution in [-0.4, -0.2) is 78.8 Å². The summed E-state index contributed by atoms with van der Waals surface area (Å²) in [5.74, 6) is -1.25. The summed E-state index contributed by atoms with van der Waals surface area (Å²) in [6, 6.07) is 19.7. The van der Waals surface area contributed by atoms with Crippen LogP contribution in [0, 0.1) is 5.92 Å². The number of fused-ring (bicyclic) bond motifs is 1. The van der Waals surface area contributed by atoms with Gasteiger partial charge in [-0.2, -0.15) is 0 Å². The van der Waals surface area contributed by atoms with E-state index in [-0.39, 0.29) is 36.1 Å². The highest BCUT2D eigenvalue weighted by molar-refractivity contribution is 5.93. The molecule has 1 aliphatic carbocycles. The molecule has 4 bridgehead atoms. The Balaban J connectivity index is 1.50. The van der Waals surface area contributed by atoms with Crippen molar-refractivity contribution < 1.29 is 43.9 Å². The zero-order valence-corrected chi connectivity index (χ0v) is 26.9. The Bertz CT molecular complexity index is 1690. The number of nitrogens with zero attached hydrogens (tertiary/aromatic N) is 1. The van der Waals surface area contributed by atoms with Crippen LogP contribution in [-0.2, 0) is 20.8 Å². The summed E-state index contributed by atoms with van der Waals surface area (Å²) < 4.78 is 23.8. The van der Waals surface area contributed by atoms with Gasteiger partial charge in [0.25, 0.3) is 0 Å². The molecule has 3 aliphatic rings. The van der Waals surface area contributed by atoms with E-state index in [1.54, 1.807) is 50.4 Å². The Kier molecular flexibility index (Phi) is 8.41. The highest BCUT2D eigenvalue weighted by Crippen LogP contribution is 2.76. The van der Waals surface area contributed by atoms with Gasteiger partial charge >= 0.3 is 0 Å². The normalized spacial score (nSPS) is 27.3. The molecule has 1 unspecified atom stereocenters. The number of carbonyl (C=O) groups excluding carboxylic acids is 2. The molecular weight excluding hydrogens is 604 g/mol. The second-order valence-electron chi connectivity index (χ2n) is 12.1. The van der Waals surface area contributed by atoms with E-state index in [2.05, 4.69) is 5.32 Å². The molecule has 5 atom stereocenters. The first-order valence-corrected chi connectivity index (χ1v) is 15.6. The van der Waals surface area contributed by atoms with E-state index in [0.29, 0.717) is 47.6 Å². The number of ether oxygens (including phenoxy) is 4. The summed E-state index contributed by atoms with van der Waals surface area (Å²) in [4.78, 5) is 28.2. The molecule has 2 amide bonds. The highest BCUT2D eigenvalue weighted by Gasteiger charge is 2.90. The van der Waals surface area contributed by atoms with Crippen molar-refractivity contribution in [2.24, 2.45) is 5.92 Å². The Labute approximate surface area is 273 Å². The third kappa shape index (κ3) is 4.51. The van der Waals surface area contributed by atoms with Crippen LogP contribution in [0.1, 0.15) is 42.4 Å². The Morgan fingerprint density at radius 3 is 2.30 bits per heavy atom. The van der Waals surface area contributed by atoms with Gasteiger partial charge in [0.15, 0.2) is 11.2 Å². The van der Waals surface area contributed by atoms with Gasteiger partial charge in [0, 0.05) is 42.3 Å². The van der Waals surface area contributed by atoms with Crippen molar-refractivity contribution in [3.63, 3.8) is 0 Å². The van der Waals surface area contributed by atoms with Gasteiger partial charge in [-0.05, 0) is 37.5 Å². The van der Waals surface area contributed by atoms with E-state index in [1.165, 1.54) is 25.2 Å². The molecule has 4 N–H and O–H groups in total. The maximum Gasteiger partial charge on any atom is 0.246 e. The van der Waals surface area contributed by atoms with Crippen LogP contribution < -0.4 is 24.3 Å². The maximum absolute atomic E-state index is 14.6. The summed E-state index contributed by atoms with van der Waals surface area (Å²) >= 11 is 0. The van der Waals surface area contributed by atoms with E-state index in [1.807, 2.05) is 30.3 Å². The number of likely N-dealkylation sites (tertiary alicyclic amines) is 1. The van der Waals surface area contributed by atoms with E-state index in [0.717, 1.165) is 0 Å². The molecule has 0 radical (unpaired) electrons. The lowest BCUT2D eigenvalue weighted by Gasteiger charge is -2.56. The lowest BCUT2D eigenvalue weighted by molar-refractivity contribution is -0.279. The molecule has 11 heteroatoms. The first kappa shape index (κ1) is 32.4. The topological polar surface area (TPSA) is 147 Å². The van der Waals surface area contributed by atoms with Crippen LogP contribution in [0.15, 0.2) is 78.4 Å². The fourth-order valence-electron chi connectivity index (χ4n) is 7.79. The van der Waals surface area contributed by atoms with Crippen LogP contribution in [0.4, 0.5) is 0 Å². The number of rotatable bonds is 12. The molecule has 2 aliphatic heterocycles. The molecule has 11 nitrogen and oxygen atoms in total. The predicted molar refractivity (Wildman–Crippen MR) is 171 cm³/mol. The zero-order chi connectivity index (χ0) is 33.6. The van der Waals surface area contributed by atoms with Gasteiger partial charge in [-0.3, -0.25) is 9.59 Å². The third-order valence-electron chi connectivity index (χ3n) is 9.87. The summed E-state index contributed by atoms with van der Waals surface area (Å²) in [7, 11) is 4.52. The van der Waals surface area contributed by atoms with Crippen LogP contribution in [0.3, 0.4) is 0 Å². The molecular formula is C36H40N2O9. The number of hydrogen-bond acceptors (Lipinski definition) is 9. The van der Waals surface area contributed by atoms with Crippen LogP contribution in [0.2, 0.25) is 0 Å². The first-order valence-electron chi connectivity index (χ1n) is 15.6. The SMILES string of the molecule is COc1ccc([C@]23Oc4cc(OC)cc(OC)c4[C@@]4(O)[C@H](C(=O)N(CCCCNC(=O)/C(C)=C/CO)C42O)[C@H]3c2ccccc2)cc1. The first-order chi connectivity index (χ1) is 22.6. The molecule has 2 fully saturated rings. The van der Waals surface area contributed by atoms with E-state index in [4.69, 9.17) is 24.1 Å². The van der Waals surface area contributed by atoms with Crippen molar-refractivity contribution in [3.8, 4) is 23.0 Å². The van der Waals surface area contributed by atoms with E-state index < -0.39 is 34.7 Å². The largest absolute Gasteiger partial charge is 0.497 e. The van der Waals surface area contributed by atoms with Gasteiger partial charge in [-0.25, -0.2) is 0 Å². The predicted octanol–water partition coefficient (Wildman–Crippen LogP) is 2.97. The van der Waals surface area contributed by atoms with Gasteiger partial charge in [-0.1, -0.05) is 48.5 Å². The number of hydrogen-bond donors (Lipinski definition) is 4. The Morgan fingerprint density at radius 1 is 0.957 bits per heavy atom. The average molecular weight is 645 g/mol. The smallest absolute Gasteiger partial charge is 0.246 e.